The summed E-state index contributed by atoms with van der Waals surface area (Å²) in [6, 6.07) is 86.7. The maximum atomic E-state index is 9.06. The van der Waals surface area contributed by atoms with E-state index in [1.54, 1.807) is 0 Å². The van der Waals surface area contributed by atoms with Crippen LogP contribution >= 0.6 is 0 Å². The van der Waals surface area contributed by atoms with Crippen molar-refractivity contribution in [1.82, 2.24) is 0 Å². The molecule has 0 unspecified atom stereocenters. The lowest BCUT2D eigenvalue weighted by atomic mass is 9.66. The molecule has 0 aromatic heterocycles. The van der Waals surface area contributed by atoms with Crippen LogP contribution < -0.4 is 11.5 Å². The lowest BCUT2D eigenvalue weighted by Gasteiger charge is -2.64. The fourth-order valence-corrected chi connectivity index (χ4v) is 15.4. The third-order valence-corrected chi connectivity index (χ3v) is 19.6. The zero-order valence-corrected chi connectivity index (χ0v) is 43.7. The van der Waals surface area contributed by atoms with Crippen LogP contribution in [0.3, 0.4) is 0 Å². The summed E-state index contributed by atoms with van der Waals surface area (Å²) in [6.45, 7) is 0. The van der Waals surface area contributed by atoms with Crippen LogP contribution in [0.2, 0.25) is 9.32 Å². The van der Waals surface area contributed by atoms with Crippen LogP contribution in [0.4, 0.5) is 0 Å². The van der Waals surface area contributed by atoms with E-state index in [0.29, 0.717) is 41.0 Å². The van der Waals surface area contributed by atoms with Gasteiger partial charge >= 0.3 is 0 Å². The summed E-state index contributed by atoms with van der Waals surface area (Å²) >= 11 is 0. The number of ether oxygens (including phenoxy) is 1. The van der Waals surface area contributed by atoms with Crippen LogP contribution in [0.25, 0.3) is 0 Å². The first-order chi connectivity index (χ1) is 29.5. The fraction of sp³-hybridized carbons (Fsp3) is 0.111. The predicted molar refractivity (Wildman–Crippen MR) is 269 cm³/mol. The van der Waals surface area contributed by atoms with Crippen LogP contribution in [0, 0.1) is 0 Å². The van der Waals surface area contributed by atoms with E-state index in [1.807, 2.05) is 0 Å². The van der Waals surface area contributed by atoms with Crippen molar-refractivity contribution in [1.29, 1.82) is 0 Å². The Morgan fingerprint density at radius 3 is 0.557 bits per heavy atom. The Morgan fingerprint density at radius 2 is 0.393 bits per heavy atom. The molecule has 4 N–H and O–H groups in total. The molecule has 8 aromatic carbocycles. The quantitative estimate of drug-likeness (QED) is 0.125. The van der Waals surface area contributed by atoms with Crippen molar-refractivity contribution >= 4 is 41.0 Å². The van der Waals surface area contributed by atoms with Gasteiger partial charge in [0.1, 0.15) is 11.2 Å². The fourth-order valence-electron chi connectivity index (χ4n) is 10.3. The zero-order chi connectivity index (χ0) is 42.6. The Balaban J connectivity index is 1.59. The zero-order valence-electron chi connectivity index (χ0n) is 35.7. The van der Waals surface area contributed by atoms with Crippen molar-refractivity contribution in [3.8, 4) is 0 Å². The lowest BCUT2D eigenvalue weighted by molar-refractivity contribution is -0.159. The molecule has 61 heavy (non-hydrogen) atoms. The van der Waals surface area contributed by atoms with E-state index < -0.39 is 31.6 Å². The van der Waals surface area contributed by atoms with Gasteiger partial charge in [0.05, 0.1) is 11.1 Å². The van der Waals surface area contributed by atoms with Gasteiger partial charge in [-0.05, 0) is 44.5 Å². The van der Waals surface area contributed by atoms with Gasteiger partial charge in [0, 0.05) is 50.3 Å². The molecule has 0 aliphatic carbocycles. The minimum absolute atomic E-state index is 0.651. The molecule has 0 saturated heterocycles. The van der Waals surface area contributed by atoms with E-state index in [2.05, 4.69) is 243 Å². The molecule has 0 bridgehead atoms. The Bertz CT molecular complexity index is 2270. The molecule has 8 rings (SSSR count). The molecule has 0 atom stereocenters. The SMILES string of the molecule is NC(c1ccccc1)(c1ccccc1)C([SiH3])([SiH3])C(OC(c1ccccc1)(c1ccccc1)C([SiH3])([SiH3])C(N)(c1ccccc1)c1ccccc1)(c1ccccc1)c1ccccc1. The van der Waals surface area contributed by atoms with Gasteiger partial charge in [-0.15, -0.1) is 0 Å². The number of hydrogen-bond donors (Lipinski definition) is 2. The average Bonchev–Trinajstić information content (AvgIpc) is 3.33. The highest BCUT2D eigenvalue weighted by molar-refractivity contribution is 6.43. The molecule has 3 nitrogen and oxygen atoms in total. The molecule has 0 aliphatic heterocycles. The molecule has 0 saturated carbocycles. The molecule has 8 aromatic rings. The van der Waals surface area contributed by atoms with Gasteiger partial charge in [0.2, 0.25) is 0 Å². The first-order valence-electron chi connectivity index (χ1n) is 21.3. The molecular formula is C54H56N2OSi4. The van der Waals surface area contributed by atoms with Crippen molar-refractivity contribution in [3.05, 3.63) is 287 Å². The lowest BCUT2D eigenvalue weighted by Crippen LogP contribution is -2.66. The van der Waals surface area contributed by atoms with Crippen molar-refractivity contribution in [2.24, 2.45) is 11.5 Å². The van der Waals surface area contributed by atoms with Crippen molar-refractivity contribution in [3.63, 3.8) is 0 Å². The number of hydrogen-bond acceptors (Lipinski definition) is 3. The standard InChI is InChI=1S/C54H56N2OSi4/c55-49(41-25-9-1-10-26-41,42-27-11-2-12-28-42)53(58,59)51(45-33-17-5-18-34-45,46-35-19-6-20-36-46)57-52(47-37-21-7-22-38-47,48-39-23-8-24-40-48)54(60,61)50(56,43-29-13-3-14-30-43)44-31-15-4-16-32-44/h1-40H,55-56H2,58-61H3. The number of benzene rings is 8. The molecule has 304 valence electrons. The van der Waals surface area contributed by atoms with Crippen LogP contribution in [-0.2, 0) is 27.0 Å². The second-order valence-electron chi connectivity index (χ2n) is 17.3. The van der Waals surface area contributed by atoms with Crippen LogP contribution in [-0.4, -0.2) is 41.0 Å². The third-order valence-electron chi connectivity index (χ3n) is 13.7. The summed E-state index contributed by atoms with van der Waals surface area (Å²) in [6.07, 6.45) is 0. The van der Waals surface area contributed by atoms with Gasteiger partial charge in [-0.3, -0.25) is 0 Å². The van der Waals surface area contributed by atoms with Crippen molar-refractivity contribution < 1.29 is 4.74 Å². The summed E-state index contributed by atoms with van der Waals surface area (Å²) in [5.74, 6) is 0. The highest BCUT2D eigenvalue weighted by Crippen LogP contribution is 2.67. The summed E-state index contributed by atoms with van der Waals surface area (Å²) in [4.78, 5) is 0. The molecule has 0 heterocycles. The van der Waals surface area contributed by atoms with E-state index in [0.717, 1.165) is 44.5 Å². The third kappa shape index (κ3) is 6.81. The van der Waals surface area contributed by atoms with E-state index in [4.69, 9.17) is 16.2 Å². The normalized spacial score (nSPS) is 14.6. The van der Waals surface area contributed by atoms with Gasteiger partial charge in [-0.2, -0.15) is 0 Å². The second-order valence-corrected chi connectivity index (χ2v) is 29.3. The van der Waals surface area contributed by atoms with E-state index in [1.165, 1.54) is 0 Å². The smallest absolute Gasteiger partial charge is 0.121 e. The monoisotopic (exact) mass is 860 g/mol. The van der Waals surface area contributed by atoms with Crippen LogP contribution in [0.1, 0.15) is 44.5 Å². The van der Waals surface area contributed by atoms with Gasteiger partial charge < -0.3 is 16.2 Å². The summed E-state index contributed by atoms with van der Waals surface area (Å²) in [7, 11) is 2.60. The van der Waals surface area contributed by atoms with Crippen molar-refractivity contribution in [2.75, 3.05) is 0 Å². The predicted octanol–water partition coefficient (Wildman–Crippen LogP) is 6.39. The summed E-state index contributed by atoms with van der Waals surface area (Å²) in [5.41, 5.74) is 21.1. The minimum atomic E-state index is -1.13. The largest absolute Gasteiger partial charge is 0.350 e. The Kier molecular flexibility index (Phi) is 11.8. The van der Waals surface area contributed by atoms with Crippen molar-refractivity contribution in [2.45, 2.75) is 31.6 Å². The summed E-state index contributed by atoms with van der Waals surface area (Å²) in [5, 5.41) is 0. The van der Waals surface area contributed by atoms with Crippen LogP contribution in [0.5, 0.6) is 0 Å². The van der Waals surface area contributed by atoms with Gasteiger partial charge in [-0.25, -0.2) is 0 Å². The molecule has 0 amide bonds. The van der Waals surface area contributed by atoms with E-state index in [9.17, 15) is 0 Å². The van der Waals surface area contributed by atoms with E-state index >= 15 is 0 Å². The maximum absolute atomic E-state index is 9.06. The Hall–Kier alpha value is -5.49. The Labute approximate surface area is 373 Å². The minimum Gasteiger partial charge on any atom is -0.350 e. The second kappa shape index (κ2) is 17.1. The first kappa shape index (κ1) is 42.2. The summed E-state index contributed by atoms with van der Waals surface area (Å²) < 4.78 is 7.72. The average molecular weight is 861 g/mol. The molecule has 0 aliphatic rings. The topological polar surface area (TPSA) is 61.3 Å². The Morgan fingerprint density at radius 1 is 0.246 bits per heavy atom. The number of rotatable bonds is 14. The van der Waals surface area contributed by atoms with Gasteiger partial charge in [0.15, 0.2) is 0 Å². The highest BCUT2D eigenvalue weighted by Gasteiger charge is 2.67. The molecular weight excluding hydrogens is 805 g/mol. The molecule has 7 heteroatoms. The maximum Gasteiger partial charge on any atom is 0.121 e. The highest BCUT2D eigenvalue weighted by atomic mass is 28.2. The number of nitrogens with two attached hydrogens (primary N) is 2. The van der Waals surface area contributed by atoms with E-state index in [-0.39, 0.29) is 0 Å². The van der Waals surface area contributed by atoms with Crippen LogP contribution in [0.15, 0.2) is 243 Å². The molecule has 0 spiro atoms. The van der Waals surface area contributed by atoms with Gasteiger partial charge in [-0.1, -0.05) is 243 Å². The molecule has 0 fully saturated rings. The van der Waals surface area contributed by atoms with Gasteiger partial charge in [0.25, 0.3) is 0 Å². The molecule has 0 radical (unpaired) electrons. The first-order valence-corrected chi connectivity index (χ1v) is 25.3.